The first-order valence-corrected chi connectivity index (χ1v) is 14.6. The van der Waals surface area contributed by atoms with Gasteiger partial charge in [-0.15, -0.1) is 0 Å². The van der Waals surface area contributed by atoms with E-state index < -0.39 is 5.41 Å². The normalized spacial score (nSPS) is 22.7. The number of carbonyl (C=O) groups excluding carboxylic acids is 2. The monoisotopic (exact) mass is 549 g/mol. The average molecular weight is 550 g/mol. The van der Waals surface area contributed by atoms with Crippen LogP contribution in [0, 0.1) is 5.41 Å². The third kappa shape index (κ3) is 5.59. The van der Waals surface area contributed by atoms with E-state index in [2.05, 4.69) is 46.3 Å². The maximum atomic E-state index is 13.5. The van der Waals surface area contributed by atoms with Gasteiger partial charge in [0.15, 0.2) is 5.82 Å². The van der Waals surface area contributed by atoms with E-state index in [-0.39, 0.29) is 17.9 Å². The molecule has 3 heterocycles. The molecule has 0 spiro atoms. The lowest BCUT2D eigenvalue weighted by Crippen LogP contribution is -2.46. The number of hydrogen-bond acceptors (Lipinski definition) is 8. The Bertz CT molecular complexity index is 1240. The fourth-order valence-electron chi connectivity index (χ4n) is 6.17. The molecule has 1 saturated carbocycles. The van der Waals surface area contributed by atoms with E-state index in [1.165, 1.54) is 12.8 Å². The number of piperidine rings is 1. The standard InChI is InChI=1S/C30H43N7O3/c1-6-30(2)19-37(22-9-7-8-10-22)26-24(36(4)28(30)39)18-31-29(34-26)33-23-12-11-20(17-25(23)40-5)27(38)32-21-13-15-35(3)16-14-21/h11-12,17-18,21-22H,6-10,13-16,19H2,1-5H3,(H,32,38)(H,31,33,34)/t30-/m0/s1. The van der Waals surface area contributed by atoms with Crippen LogP contribution in [0.25, 0.3) is 0 Å². The predicted octanol–water partition coefficient (Wildman–Crippen LogP) is 4.19. The molecule has 0 radical (unpaired) electrons. The molecule has 2 N–H and O–H groups in total. The van der Waals surface area contributed by atoms with Crippen LogP contribution >= 0.6 is 0 Å². The zero-order valence-corrected chi connectivity index (χ0v) is 24.5. The summed E-state index contributed by atoms with van der Waals surface area (Å²) >= 11 is 0. The van der Waals surface area contributed by atoms with Gasteiger partial charge in [-0.05, 0) is 77.4 Å². The minimum atomic E-state index is -0.501. The van der Waals surface area contributed by atoms with Gasteiger partial charge in [-0.1, -0.05) is 19.8 Å². The molecular weight excluding hydrogens is 506 g/mol. The summed E-state index contributed by atoms with van der Waals surface area (Å²) in [6.45, 7) is 6.74. The van der Waals surface area contributed by atoms with Crippen LogP contribution in [0.1, 0.15) is 69.2 Å². The highest BCUT2D eigenvalue weighted by molar-refractivity contribution is 6.01. The number of carbonyl (C=O) groups is 2. The molecular formula is C30H43N7O3. The van der Waals surface area contributed by atoms with Crippen molar-refractivity contribution in [2.24, 2.45) is 5.41 Å². The summed E-state index contributed by atoms with van der Waals surface area (Å²) in [6.07, 6.45) is 8.96. The number of nitrogens with zero attached hydrogens (tertiary/aromatic N) is 5. The number of aromatic nitrogens is 2. The van der Waals surface area contributed by atoms with Gasteiger partial charge in [0.05, 0.1) is 24.4 Å². The van der Waals surface area contributed by atoms with Crippen LogP contribution in [0.4, 0.5) is 23.1 Å². The highest BCUT2D eigenvalue weighted by Crippen LogP contribution is 2.42. The zero-order chi connectivity index (χ0) is 28.4. The van der Waals surface area contributed by atoms with Crippen molar-refractivity contribution in [2.75, 3.05) is 56.0 Å². The topological polar surface area (TPSA) is 103 Å². The molecule has 1 aromatic heterocycles. The molecule has 0 unspecified atom stereocenters. The Morgan fingerprint density at radius 1 is 1.15 bits per heavy atom. The summed E-state index contributed by atoms with van der Waals surface area (Å²) in [4.78, 5) is 42.3. The van der Waals surface area contributed by atoms with Gasteiger partial charge in [-0.3, -0.25) is 9.59 Å². The number of fused-ring (bicyclic) bond motifs is 1. The maximum Gasteiger partial charge on any atom is 0.251 e. The summed E-state index contributed by atoms with van der Waals surface area (Å²) in [6, 6.07) is 5.91. The van der Waals surface area contributed by atoms with Crippen molar-refractivity contribution < 1.29 is 14.3 Å². The van der Waals surface area contributed by atoms with E-state index in [4.69, 9.17) is 9.72 Å². The van der Waals surface area contributed by atoms with Crippen molar-refractivity contribution in [3.63, 3.8) is 0 Å². The molecule has 1 aliphatic carbocycles. The maximum absolute atomic E-state index is 13.5. The molecule has 2 amide bonds. The van der Waals surface area contributed by atoms with Crippen LogP contribution in [0.2, 0.25) is 0 Å². The lowest BCUT2D eigenvalue weighted by molar-refractivity contribution is -0.126. The zero-order valence-electron chi connectivity index (χ0n) is 24.5. The van der Waals surface area contributed by atoms with Crippen molar-refractivity contribution in [3.8, 4) is 5.75 Å². The third-order valence-corrected chi connectivity index (χ3v) is 9.03. The first kappa shape index (κ1) is 28.1. The van der Waals surface area contributed by atoms with Gasteiger partial charge in [0, 0.05) is 31.2 Å². The van der Waals surface area contributed by atoms with Crippen molar-refractivity contribution in [3.05, 3.63) is 30.0 Å². The van der Waals surface area contributed by atoms with E-state index in [0.29, 0.717) is 35.5 Å². The molecule has 1 saturated heterocycles. The third-order valence-electron chi connectivity index (χ3n) is 9.03. The van der Waals surface area contributed by atoms with Crippen LogP contribution in [0.15, 0.2) is 24.4 Å². The molecule has 5 rings (SSSR count). The second kappa shape index (κ2) is 11.6. The SMILES string of the molecule is CC[C@@]1(C)CN(C2CCCC2)c2nc(Nc3ccc(C(=O)NC4CCN(C)CC4)cc3OC)ncc2N(C)C1=O. The number of likely N-dealkylation sites (tertiary alicyclic amines) is 1. The minimum absolute atomic E-state index is 0.0943. The Morgan fingerprint density at radius 3 is 2.55 bits per heavy atom. The number of amides is 2. The molecule has 0 bridgehead atoms. The van der Waals surface area contributed by atoms with Gasteiger partial charge in [-0.2, -0.15) is 4.98 Å². The number of methoxy groups -OCH3 is 1. The quantitative estimate of drug-likeness (QED) is 0.530. The number of nitrogens with one attached hydrogen (secondary N) is 2. The van der Waals surface area contributed by atoms with E-state index in [1.807, 2.05) is 13.1 Å². The van der Waals surface area contributed by atoms with E-state index in [9.17, 15) is 9.59 Å². The Balaban J connectivity index is 1.40. The van der Waals surface area contributed by atoms with Crippen molar-refractivity contribution in [1.29, 1.82) is 0 Å². The van der Waals surface area contributed by atoms with Crippen LogP contribution in [-0.4, -0.2) is 79.6 Å². The molecule has 1 atom stereocenters. The summed E-state index contributed by atoms with van der Waals surface area (Å²) in [5.41, 5.74) is 1.45. The van der Waals surface area contributed by atoms with Crippen molar-refractivity contribution >= 4 is 35.0 Å². The van der Waals surface area contributed by atoms with E-state index in [1.54, 1.807) is 30.3 Å². The smallest absolute Gasteiger partial charge is 0.251 e. The fraction of sp³-hybridized carbons (Fsp3) is 0.600. The molecule has 3 aliphatic rings. The van der Waals surface area contributed by atoms with Crippen molar-refractivity contribution in [2.45, 2.75) is 70.9 Å². The van der Waals surface area contributed by atoms with Gasteiger partial charge in [0.1, 0.15) is 11.4 Å². The number of benzene rings is 1. The van der Waals surface area contributed by atoms with E-state index >= 15 is 0 Å². The molecule has 2 aromatic rings. The van der Waals surface area contributed by atoms with Crippen molar-refractivity contribution in [1.82, 2.24) is 20.2 Å². The minimum Gasteiger partial charge on any atom is -0.495 e. The predicted molar refractivity (Wildman–Crippen MR) is 158 cm³/mol. The molecule has 10 nitrogen and oxygen atoms in total. The van der Waals surface area contributed by atoms with Gasteiger partial charge in [-0.25, -0.2) is 4.98 Å². The summed E-state index contributed by atoms with van der Waals surface area (Å²) in [7, 11) is 5.52. The first-order valence-electron chi connectivity index (χ1n) is 14.6. The second-order valence-electron chi connectivity index (χ2n) is 11.8. The highest BCUT2D eigenvalue weighted by atomic mass is 16.5. The Kier molecular flexibility index (Phi) is 8.16. The Hall–Kier alpha value is -3.40. The lowest BCUT2D eigenvalue weighted by atomic mass is 9.85. The molecule has 216 valence electrons. The average Bonchev–Trinajstić information content (AvgIpc) is 3.49. The fourth-order valence-corrected chi connectivity index (χ4v) is 6.17. The van der Waals surface area contributed by atoms with Gasteiger partial charge in [0.25, 0.3) is 5.91 Å². The number of rotatable bonds is 7. The summed E-state index contributed by atoms with van der Waals surface area (Å²) < 4.78 is 5.65. The van der Waals surface area contributed by atoms with Crippen LogP contribution in [0.5, 0.6) is 5.75 Å². The highest BCUT2D eigenvalue weighted by Gasteiger charge is 2.43. The lowest BCUT2D eigenvalue weighted by Gasteiger charge is -2.35. The van der Waals surface area contributed by atoms with Crippen LogP contribution in [-0.2, 0) is 4.79 Å². The number of hydrogen-bond donors (Lipinski definition) is 2. The molecule has 2 fully saturated rings. The second-order valence-corrected chi connectivity index (χ2v) is 11.8. The van der Waals surface area contributed by atoms with Crippen LogP contribution < -0.4 is 25.2 Å². The van der Waals surface area contributed by atoms with Crippen LogP contribution in [0.3, 0.4) is 0 Å². The molecule has 10 heteroatoms. The largest absolute Gasteiger partial charge is 0.495 e. The van der Waals surface area contributed by atoms with Gasteiger partial charge in [0.2, 0.25) is 11.9 Å². The number of ether oxygens (including phenoxy) is 1. The molecule has 2 aliphatic heterocycles. The van der Waals surface area contributed by atoms with E-state index in [0.717, 1.165) is 56.7 Å². The molecule has 1 aromatic carbocycles. The molecule has 40 heavy (non-hydrogen) atoms. The summed E-state index contributed by atoms with van der Waals surface area (Å²) in [5.74, 6) is 1.74. The number of anilines is 4. The van der Waals surface area contributed by atoms with Gasteiger partial charge >= 0.3 is 0 Å². The Labute approximate surface area is 237 Å². The summed E-state index contributed by atoms with van der Waals surface area (Å²) in [5, 5.41) is 6.47. The Morgan fingerprint density at radius 2 is 1.88 bits per heavy atom. The van der Waals surface area contributed by atoms with Gasteiger partial charge < -0.3 is 30.1 Å². The first-order chi connectivity index (χ1) is 19.2.